The number of nitrogens with zero attached hydrogens (tertiary/aromatic N) is 3. The van der Waals surface area contributed by atoms with Crippen LogP contribution in [0.5, 0.6) is 11.5 Å². The number of rotatable bonds is 8. The normalized spacial score (nSPS) is 14.2. The highest BCUT2D eigenvalue weighted by Crippen LogP contribution is 2.28. The van der Waals surface area contributed by atoms with Crippen molar-refractivity contribution in [2.45, 2.75) is 19.3 Å². The van der Waals surface area contributed by atoms with Gasteiger partial charge in [-0.05, 0) is 60.5 Å². The Bertz CT molecular complexity index is 1020. The van der Waals surface area contributed by atoms with Crippen molar-refractivity contribution in [3.63, 3.8) is 0 Å². The number of thiophene rings is 1. The predicted molar refractivity (Wildman–Crippen MR) is 127 cm³/mol. The Morgan fingerprint density at radius 3 is 2.56 bits per heavy atom. The third-order valence-corrected chi connectivity index (χ3v) is 6.67. The number of carbonyl (C=O) groups is 1. The first-order valence-electron chi connectivity index (χ1n) is 10.8. The number of hydrogen-bond acceptors (Lipinski definition) is 7. The number of amides is 1. The molecule has 3 aromatic rings. The molecular formula is C24H28N4O3S. The number of carbonyl (C=O) groups excluding carboxylic acids is 1. The van der Waals surface area contributed by atoms with Gasteiger partial charge in [-0.25, -0.2) is 0 Å². The van der Waals surface area contributed by atoms with Crippen LogP contribution in [0.1, 0.15) is 18.4 Å². The summed E-state index contributed by atoms with van der Waals surface area (Å²) in [5.41, 5.74) is 2.00. The van der Waals surface area contributed by atoms with Gasteiger partial charge in [0.1, 0.15) is 5.69 Å². The molecule has 1 aliphatic rings. The molecule has 1 aliphatic heterocycles. The second kappa shape index (κ2) is 10.5. The lowest BCUT2D eigenvalue weighted by Gasteiger charge is -2.31. The number of anilines is 1. The van der Waals surface area contributed by atoms with Crippen molar-refractivity contribution >= 4 is 23.1 Å². The SMILES string of the molecule is COc1ccc(CCNC(=O)C2CCN(c3ccc(-c4cccs4)nn3)CC2)cc1OC. The van der Waals surface area contributed by atoms with Gasteiger partial charge in [0.05, 0.1) is 19.1 Å². The van der Waals surface area contributed by atoms with Gasteiger partial charge in [0.25, 0.3) is 0 Å². The van der Waals surface area contributed by atoms with Gasteiger partial charge < -0.3 is 19.7 Å². The van der Waals surface area contributed by atoms with Crippen molar-refractivity contribution < 1.29 is 14.3 Å². The number of benzene rings is 1. The van der Waals surface area contributed by atoms with Crippen LogP contribution in [0.25, 0.3) is 10.6 Å². The Hall–Kier alpha value is -3.13. The first-order chi connectivity index (χ1) is 15.7. The molecule has 1 amide bonds. The van der Waals surface area contributed by atoms with Crippen LogP contribution in [0.3, 0.4) is 0 Å². The van der Waals surface area contributed by atoms with Crippen LogP contribution in [0.15, 0.2) is 47.8 Å². The van der Waals surface area contributed by atoms with Crippen LogP contribution < -0.4 is 19.7 Å². The summed E-state index contributed by atoms with van der Waals surface area (Å²) in [7, 11) is 3.25. The smallest absolute Gasteiger partial charge is 0.223 e. The van der Waals surface area contributed by atoms with Gasteiger partial charge in [0.2, 0.25) is 5.91 Å². The van der Waals surface area contributed by atoms with Crippen molar-refractivity contribution in [1.29, 1.82) is 0 Å². The minimum atomic E-state index is 0.0370. The number of piperidine rings is 1. The van der Waals surface area contributed by atoms with Crippen molar-refractivity contribution in [3.05, 3.63) is 53.4 Å². The molecule has 1 N–H and O–H groups in total. The largest absolute Gasteiger partial charge is 0.493 e. The Balaban J connectivity index is 1.23. The maximum Gasteiger partial charge on any atom is 0.223 e. The average Bonchev–Trinajstić information content (AvgIpc) is 3.39. The third-order valence-electron chi connectivity index (χ3n) is 5.77. The van der Waals surface area contributed by atoms with E-state index in [1.807, 2.05) is 47.8 Å². The quantitative estimate of drug-likeness (QED) is 0.560. The van der Waals surface area contributed by atoms with Gasteiger partial charge in [0.15, 0.2) is 17.3 Å². The van der Waals surface area contributed by atoms with Gasteiger partial charge in [-0.2, -0.15) is 0 Å². The maximum atomic E-state index is 12.6. The monoisotopic (exact) mass is 452 g/mol. The van der Waals surface area contributed by atoms with Crippen LogP contribution in [0.2, 0.25) is 0 Å². The molecule has 3 heterocycles. The average molecular weight is 453 g/mol. The van der Waals surface area contributed by atoms with Crippen LogP contribution >= 0.6 is 11.3 Å². The van der Waals surface area contributed by atoms with Gasteiger partial charge in [-0.1, -0.05) is 12.1 Å². The molecular weight excluding hydrogens is 424 g/mol. The lowest BCUT2D eigenvalue weighted by molar-refractivity contribution is -0.125. The van der Waals surface area contributed by atoms with Crippen LogP contribution in [-0.2, 0) is 11.2 Å². The molecule has 8 heteroatoms. The summed E-state index contributed by atoms with van der Waals surface area (Å²) in [6.07, 6.45) is 2.38. The summed E-state index contributed by atoms with van der Waals surface area (Å²) in [5.74, 6) is 2.45. The first kappa shape index (κ1) is 22.1. The maximum absolute atomic E-state index is 12.6. The van der Waals surface area contributed by atoms with Crippen LogP contribution in [0, 0.1) is 5.92 Å². The molecule has 2 aromatic heterocycles. The molecule has 0 spiro atoms. The van der Waals surface area contributed by atoms with Crippen molar-refractivity contribution in [2.24, 2.45) is 5.92 Å². The molecule has 0 unspecified atom stereocenters. The van der Waals surface area contributed by atoms with Crippen LogP contribution in [0.4, 0.5) is 5.82 Å². The summed E-state index contributed by atoms with van der Waals surface area (Å²) in [6.45, 7) is 2.21. The number of methoxy groups -OCH3 is 2. The molecule has 1 fully saturated rings. The van der Waals surface area contributed by atoms with E-state index in [1.165, 1.54) is 0 Å². The molecule has 4 rings (SSSR count). The van der Waals surface area contributed by atoms with E-state index in [0.717, 1.165) is 54.3 Å². The minimum absolute atomic E-state index is 0.0370. The highest BCUT2D eigenvalue weighted by Gasteiger charge is 2.25. The first-order valence-corrected chi connectivity index (χ1v) is 11.7. The van der Waals surface area contributed by atoms with Gasteiger partial charge in [0, 0.05) is 25.6 Å². The zero-order chi connectivity index (χ0) is 22.3. The number of hydrogen-bond donors (Lipinski definition) is 1. The standard InChI is InChI=1S/C24H28N4O3S/c1-30-20-7-5-17(16-21(20)31-2)9-12-25-24(29)18-10-13-28(14-11-18)23-8-6-19(26-27-23)22-4-3-15-32-22/h3-8,15-16,18H,9-14H2,1-2H3,(H,25,29). The van der Waals surface area contributed by atoms with Crippen molar-refractivity contribution in [2.75, 3.05) is 38.8 Å². The van der Waals surface area contributed by atoms with Crippen molar-refractivity contribution in [1.82, 2.24) is 15.5 Å². The fourth-order valence-electron chi connectivity index (χ4n) is 3.93. The second-order valence-corrected chi connectivity index (χ2v) is 8.69. The summed E-state index contributed by atoms with van der Waals surface area (Å²) in [4.78, 5) is 16.0. The lowest BCUT2D eigenvalue weighted by atomic mass is 9.96. The highest BCUT2D eigenvalue weighted by atomic mass is 32.1. The Labute approximate surface area is 192 Å². The minimum Gasteiger partial charge on any atom is -0.493 e. The van der Waals surface area contributed by atoms with Crippen LogP contribution in [-0.4, -0.2) is 50.0 Å². The van der Waals surface area contributed by atoms with E-state index in [1.54, 1.807) is 25.6 Å². The second-order valence-electron chi connectivity index (χ2n) is 7.75. The molecule has 1 aromatic carbocycles. The third kappa shape index (κ3) is 5.19. The van der Waals surface area contributed by atoms with E-state index in [0.29, 0.717) is 18.0 Å². The van der Waals surface area contributed by atoms with Gasteiger partial charge in [-0.15, -0.1) is 21.5 Å². The summed E-state index contributed by atoms with van der Waals surface area (Å²) >= 11 is 1.66. The van der Waals surface area contributed by atoms with Gasteiger partial charge in [-0.3, -0.25) is 4.79 Å². The summed E-state index contributed by atoms with van der Waals surface area (Å²) in [6, 6.07) is 13.9. The highest BCUT2D eigenvalue weighted by molar-refractivity contribution is 7.13. The predicted octanol–water partition coefficient (Wildman–Crippen LogP) is 3.80. The molecule has 1 saturated heterocycles. The lowest BCUT2D eigenvalue weighted by Crippen LogP contribution is -2.41. The van der Waals surface area contributed by atoms with E-state index in [9.17, 15) is 4.79 Å². The molecule has 32 heavy (non-hydrogen) atoms. The molecule has 7 nitrogen and oxygen atoms in total. The molecule has 0 bridgehead atoms. The van der Waals surface area contributed by atoms with E-state index >= 15 is 0 Å². The summed E-state index contributed by atoms with van der Waals surface area (Å²) in [5, 5.41) is 13.9. The zero-order valence-electron chi connectivity index (χ0n) is 18.4. The van der Waals surface area contributed by atoms with E-state index in [2.05, 4.69) is 20.4 Å². The van der Waals surface area contributed by atoms with E-state index in [-0.39, 0.29) is 11.8 Å². The fourth-order valence-corrected chi connectivity index (χ4v) is 4.62. The fraction of sp³-hybridized carbons (Fsp3) is 0.375. The number of nitrogens with one attached hydrogen (secondary N) is 1. The van der Waals surface area contributed by atoms with E-state index in [4.69, 9.17) is 9.47 Å². The molecule has 0 atom stereocenters. The molecule has 168 valence electrons. The Kier molecular flexibility index (Phi) is 7.21. The topological polar surface area (TPSA) is 76.6 Å². The van der Waals surface area contributed by atoms with Gasteiger partial charge >= 0.3 is 0 Å². The molecule has 0 aliphatic carbocycles. The Morgan fingerprint density at radius 2 is 1.91 bits per heavy atom. The Morgan fingerprint density at radius 1 is 1.09 bits per heavy atom. The molecule has 0 radical (unpaired) electrons. The zero-order valence-corrected chi connectivity index (χ0v) is 19.2. The molecule has 0 saturated carbocycles. The van der Waals surface area contributed by atoms with E-state index < -0.39 is 0 Å². The summed E-state index contributed by atoms with van der Waals surface area (Å²) < 4.78 is 10.6. The number of ether oxygens (including phenoxy) is 2. The number of aromatic nitrogens is 2. The van der Waals surface area contributed by atoms with Crippen molar-refractivity contribution in [3.8, 4) is 22.1 Å².